The van der Waals surface area contributed by atoms with Crippen molar-refractivity contribution in [2.24, 2.45) is 22.7 Å². The molecule has 2 aromatic rings. The quantitative estimate of drug-likeness (QED) is 0.545. The summed E-state index contributed by atoms with van der Waals surface area (Å²) in [6, 6.07) is 6.27. The molecule has 2 atom stereocenters. The molecule has 4 aliphatic rings. The third kappa shape index (κ3) is 3.71. The number of nitrogens with zero attached hydrogens (tertiary/aromatic N) is 1. The Labute approximate surface area is 185 Å². The van der Waals surface area contributed by atoms with Crippen molar-refractivity contribution in [2.45, 2.75) is 65.2 Å². The molecule has 0 saturated carbocycles. The summed E-state index contributed by atoms with van der Waals surface area (Å²) in [4.78, 5) is 12.3. The fourth-order valence-corrected chi connectivity index (χ4v) is 5.93. The van der Waals surface area contributed by atoms with Gasteiger partial charge in [0.15, 0.2) is 0 Å². The molecule has 2 unspecified atom stereocenters. The van der Waals surface area contributed by atoms with Crippen molar-refractivity contribution in [2.75, 3.05) is 7.11 Å². The smallest absolute Gasteiger partial charge is 0.144 e. The van der Waals surface area contributed by atoms with Crippen LogP contribution in [-0.4, -0.2) is 22.8 Å². The van der Waals surface area contributed by atoms with Crippen molar-refractivity contribution >= 4 is 11.3 Å². The van der Waals surface area contributed by atoms with E-state index in [1.54, 1.807) is 7.11 Å². The lowest BCUT2D eigenvalue weighted by molar-refractivity contribution is 0.345. The number of aliphatic imine (C=N–C) groups is 1. The summed E-state index contributed by atoms with van der Waals surface area (Å²) in [5.41, 5.74) is 8.65. The first-order valence-corrected chi connectivity index (χ1v) is 12.1. The topological polar surface area (TPSA) is 53.2 Å². The van der Waals surface area contributed by atoms with Crippen LogP contribution in [0.4, 0.5) is 0 Å². The fourth-order valence-electron chi connectivity index (χ4n) is 5.93. The lowest BCUT2D eigenvalue weighted by Gasteiger charge is -2.27. The third-order valence-corrected chi connectivity index (χ3v) is 7.34. The van der Waals surface area contributed by atoms with E-state index < -0.39 is 0 Å². The Morgan fingerprint density at radius 1 is 1.06 bits per heavy atom. The Morgan fingerprint density at radius 2 is 1.87 bits per heavy atom. The normalized spacial score (nSPS) is 24.1. The Bertz CT molecular complexity index is 1020. The molecule has 0 radical (unpaired) electrons. The summed E-state index contributed by atoms with van der Waals surface area (Å²) in [5, 5.41) is 0. The molecule has 4 nitrogen and oxygen atoms in total. The third-order valence-electron chi connectivity index (χ3n) is 7.34. The van der Waals surface area contributed by atoms with Gasteiger partial charge >= 0.3 is 0 Å². The number of rotatable bonds is 4. The van der Waals surface area contributed by atoms with Crippen molar-refractivity contribution in [3.8, 4) is 17.1 Å². The molecule has 0 aromatic carbocycles. The molecule has 0 amide bonds. The van der Waals surface area contributed by atoms with Crippen LogP contribution < -0.4 is 4.74 Å². The lowest BCUT2D eigenvalue weighted by Crippen LogP contribution is -2.19. The van der Waals surface area contributed by atoms with E-state index in [9.17, 15) is 0 Å². The largest absolute Gasteiger partial charge is 0.494 e. The lowest BCUT2D eigenvalue weighted by atomic mass is 9.77. The summed E-state index contributed by atoms with van der Waals surface area (Å²) >= 11 is 0. The van der Waals surface area contributed by atoms with E-state index in [1.807, 2.05) is 12.3 Å². The maximum Gasteiger partial charge on any atom is 0.144 e. The molecular formula is C27H35N3O. The van der Waals surface area contributed by atoms with Crippen LogP contribution >= 0.6 is 0 Å². The minimum Gasteiger partial charge on any atom is -0.494 e. The van der Waals surface area contributed by atoms with Gasteiger partial charge in [-0.25, -0.2) is 0 Å². The second-order valence-corrected chi connectivity index (χ2v) is 9.71. The van der Waals surface area contributed by atoms with E-state index in [1.165, 1.54) is 67.5 Å². The molecule has 164 valence electrons. The first-order chi connectivity index (χ1) is 15.2. The van der Waals surface area contributed by atoms with Crippen molar-refractivity contribution in [1.29, 1.82) is 0 Å². The number of allylic oxidation sites excluding steroid dienone is 3. The SMILES string of the molecule is COc1cc(-c2ccc[nH]2)[nH]c1C1=C2N=C3C=C2C(C(C)C)C1CCCCCCCC3. The number of methoxy groups -OCH3 is 1. The molecule has 4 heterocycles. The molecule has 0 spiro atoms. The molecule has 4 bridgehead atoms. The highest BCUT2D eigenvalue weighted by atomic mass is 16.5. The number of fused-ring (bicyclic) bond motifs is 7. The molecule has 6 rings (SSSR count). The zero-order valence-electron chi connectivity index (χ0n) is 19.1. The van der Waals surface area contributed by atoms with Crippen LogP contribution in [-0.2, 0) is 0 Å². The molecule has 4 heteroatoms. The van der Waals surface area contributed by atoms with E-state index in [0.717, 1.165) is 29.3 Å². The standard InChI is InChI=1S/C27H35N3O/c1-17(2)24-19-12-9-7-5-4-6-8-11-18-15-20(24)26(29-18)25(19)27-23(31-3)16-22(30-27)21-13-10-14-28-21/h10,13-17,19,24,28,30H,4-9,11-12H2,1-3H3. The van der Waals surface area contributed by atoms with E-state index in [0.29, 0.717) is 17.8 Å². The number of H-pyrrole nitrogens is 2. The molecule has 2 aliphatic carbocycles. The molecule has 2 aliphatic heterocycles. The van der Waals surface area contributed by atoms with E-state index in [4.69, 9.17) is 9.73 Å². The number of aromatic amines is 2. The van der Waals surface area contributed by atoms with Crippen LogP contribution in [0.5, 0.6) is 5.75 Å². The first kappa shape index (κ1) is 20.4. The maximum absolute atomic E-state index is 5.89. The van der Waals surface area contributed by atoms with Crippen LogP contribution in [0.3, 0.4) is 0 Å². The van der Waals surface area contributed by atoms with Crippen LogP contribution in [0.15, 0.2) is 46.7 Å². The summed E-state index contributed by atoms with van der Waals surface area (Å²) < 4.78 is 5.89. The van der Waals surface area contributed by atoms with E-state index in [-0.39, 0.29) is 0 Å². The van der Waals surface area contributed by atoms with Gasteiger partial charge in [0.2, 0.25) is 0 Å². The maximum atomic E-state index is 5.89. The average Bonchev–Trinajstić information content (AvgIpc) is 3.52. The summed E-state index contributed by atoms with van der Waals surface area (Å²) in [7, 11) is 1.78. The second-order valence-electron chi connectivity index (χ2n) is 9.71. The van der Waals surface area contributed by atoms with Gasteiger partial charge in [-0.3, -0.25) is 4.99 Å². The average molecular weight is 418 g/mol. The molecule has 0 saturated heterocycles. The van der Waals surface area contributed by atoms with Gasteiger partial charge in [0.05, 0.1) is 29.9 Å². The number of hydrogen-bond acceptors (Lipinski definition) is 2. The van der Waals surface area contributed by atoms with Gasteiger partial charge < -0.3 is 14.7 Å². The van der Waals surface area contributed by atoms with E-state index in [2.05, 4.69) is 42.0 Å². The van der Waals surface area contributed by atoms with Crippen molar-refractivity contribution < 1.29 is 4.74 Å². The highest BCUT2D eigenvalue weighted by Crippen LogP contribution is 2.55. The van der Waals surface area contributed by atoms with Gasteiger partial charge in [0.1, 0.15) is 5.75 Å². The molecule has 31 heavy (non-hydrogen) atoms. The monoisotopic (exact) mass is 417 g/mol. The Kier molecular flexibility index (Phi) is 5.64. The van der Waals surface area contributed by atoms with Gasteiger partial charge in [-0.15, -0.1) is 0 Å². The van der Waals surface area contributed by atoms with Crippen LogP contribution in [0, 0.1) is 17.8 Å². The molecule has 2 N–H and O–H groups in total. The van der Waals surface area contributed by atoms with Crippen molar-refractivity contribution in [1.82, 2.24) is 9.97 Å². The number of aromatic nitrogens is 2. The second kappa shape index (κ2) is 8.57. The summed E-state index contributed by atoms with van der Waals surface area (Å²) in [6.45, 7) is 4.76. The van der Waals surface area contributed by atoms with Crippen molar-refractivity contribution in [3.05, 3.63) is 47.4 Å². The van der Waals surface area contributed by atoms with Gasteiger partial charge in [-0.1, -0.05) is 46.0 Å². The number of ether oxygens (including phenoxy) is 1. The zero-order chi connectivity index (χ0) is 21.4. The number of hydrogen-bond donors (Lipinski definition) is 2. The van der Waals surface area contributed by atoms with Gasteiger partial charge in [0, 0.05) is 23.5 Å². The van der Waals surface area contributed by atoms with Crippen molar-refractivity contribution in [3.63, 3.8) is 0 Å². The highest BCUT2D eigenvalue weighted by molar-refractivity contribution is 6.03. The Balaban J connectivity index is 1.64. The van der Waals surface area contributed by atoms with Crippen LogP contribution in [0.25, 0.3) is 17.0 Å². The van der Waals surface area contributed by atoms with Gasteiger partial charge in [0.25, 0.3) is 0 Å². The zero-order valence-corrected chi connectivity index (χ0v) is 19.1. The van der Waals surface area contributed by atoms with Crippen LogP contribution in [0.2, 0.25) is 0 Å². The minimum absolute atomic E-state index is 0.497. The van der Waals surface area contributed by atoms with Gasteiger partial charge in [-0.05, 0) is 60.8 Å². The number of nitrogens with one attached hydrogen (secondary N) is 2. The fraction of sp³-hybridized carbons (Fsp3) is 0.519. The Morgan fingerprint density at radius 3 is 2.61 bits per heavy atom. The summed E-state index contributed by atoms with van der Waals surface area (Å²) in [6.07, 6.45) is 14.7. The molecule has 0 fully saturated rings. The Hall–Kier alpha value is -2.49. The molecular weight excluding hydrogens is 382 g/mol. The van der Waals surface area contributed by atoms with Crippen LogP contribution in [0.1, 0.15) is 70.9 Å². The highest BCUT2D eigenvalue weighted by Gasteiger charge is 2.43. The predicted octanol–water partition coefficient (Wildman–Crippen LogP) is 7.15. The van der Waals surface area contributed by atoms with Gasteiger partial charge in [-0.2, -0.15) is 0 Å². The minimum atomic E-state index is 0.497. The molecule has 2 aromatic heterocycles. The van der Waals surface area contributed by atoms with E-state index >= 15 is 0 Å². The predicted molar refractivity (Wildman–Crippen MR) is 128 cm³/mol. The summed E-state index contributed by atoms with van der Waals surface area (Å²) in [5.74, 6) is 2.55. The first-order valence-electron chi connectivity index (χ1n) is 12.1.